The van der Waals surface area contributed by atoms with Gasteiger partial charge in [-0.1, -0.05) is 22.0 Å². The average Bonchev–Trinajstić information content (AvgIpc) is 3.48. The Hall–Kier alpha value is -2.27. The van der Waals surface area contributed by atoms with Gasteiger partial charge in [0.15, 0.2) is 0 Å². The molecule has 1 heterocycles. The van der Waals surface area contributed by atoms with Crippen LogP contribution in [-0.2, 0) is 21.0 Å². The summed E-state index contributed by atoms with van der Waals surface area (Å²) in [6.45, 7) is -0.198. The minimum Gasteiger partial charge on any atom is -0.486 e. The Morgan fingerprint density at radius 1 is 1.20 bits per heavy atom. The summed E-state index contributed by atoms with van der Waals surface area (Å²) >= 11 is 3.26. The fourth-order valence-corrected chi connectivity index (χ4v) is 5.44. The summed E-state index contributed by atoms with van der Waals surface area (Å²) in [5.41, 5.74) is -0.901. The largest absolute Gasteiger partial charge is 0.486 e. The van der Waals surface area contributed by atoms with Crippen molar-refractivity contribution in [3.05, 3.63) is 52.5 Å². The van der Waals surface area contributed by atoms with Gasteiger partial charge in [0.1, 0.15) is 11.9 Å². The Morgan fingerprint density at radius 2 is 1.93 bits per heavy atom. The third-order valence-electron chi connectivity index (χ3n) is 5.20. The average molecular weight is 506 g/mol. The number of sulfonamides is 1. The first-order valence-corrected chi connectivity index (χ1v) is 11.1. The number of carboxylic acid groups (broad SMARTS) is 1. The summed E-state index contributed by atoms with van der Waals surface area (Å²) in [6.07, 6.45) is -5.06. The number of rotatable bonds is 4. The molecule has 1 aliphatic carbocycles. The van der Waals surface area contributed by atoms with E-state index in [0.717, 1.165) is 22.5 Å². The molecule has 0 radical (unpaired) electrons. The van der Waals surface area contributed by atoms with Gasteiger partial charge in [-0.2, -0.15) is 13.2 Å². The van der Waals surface area contributed by atoms with E-state index in [-0.39, 0.29) is 23.9 Å². The number of nitrogens with zero attached hydrogens (tertiary/aromatic N) is 1. The van der Waals surface area contributed by atoms with Crippen LogP contribution in [0.2, 0.25) is 0 Å². The Balaban J connectivity index is 1.76. The van der Waals surface area contributed by atoms with Crippen LogP contribution in [-0.4, -0.2) is 32.1 Å². The van der Waals surface area contributed by atoms with E-state index in [4.69, 9.17) is 4.74 Å². The molecule has 6 nitrogen and oxygen atoms in total. The van der Waals surface area contributed by atoms with E-state index in [1.165, 1.54) is 6.07 Å². The molecule has 0 aromatic heterocycles. The summed E-state index contributed by atoms with van der Waals surface area (Å²) < 4.78 is 73.3. The third kappa shape index (κ3) is 3.76. The standard InChI is InChI=1S/C19H15BrF3NO5S/c20-11-4-5-16-15(7-11)24(9-17(29-16)13-8-14(13)18(25)26)30(27,28)12-3-1-2-10(6-12)19(21,22)23/h1-7,13-14,17H,8-9H2,(H,25,26)/t13-,14-,17?/m0/s1. The molecular formula is C19H15BrF3NO5S. The van der Waals surface area contributed by atoms with E-state index in [0.29, 0.717) is 17.0 Å². The highest BCUT2D eigenvalue weighted by atomic mass is 79.9. The van der Waals surface area contributed by atoms with E-state index in [1.54, 1.807) is 12.1 Å². The molecule has 1 unspecified atom stereocenters. The molecule has 4 rings (SSSR count). The number of anilines is 1. The summed E-state index contributed by atoms with van der Waals surface area (Å²) in [4.78, 5) is 10.7. The molecule has 160 valence electrons. The zero-order chi connectivity index (χ0) is 21.8. The van der Waals surface area contributed by atoms with Gasteiger partial charge >= 0.3 is 12.1 Å². The Labute approximate surface area is 178 Å². The monoisotopic (exact) mass is 505 g/mol. The van der Waals surface area contributed by atoms with Crippen LogP contribution in [0.5, 0.6) is 5.75 Å². The van der Waals surface area contributed by atoms with Gasteiger partial charge in [-0.25, -0.2) is 8.42 Å². The maximum atomic E-state index is 13.3. The molecule has 2 aromatic carbocycles. The summed E-state index contributed by atoms with van der Waals surface area (Å²) in [6, 6.07) is 8.21. The van der Waals surface area contributed by atoms with Crippen LogP contribution in [0, 0.1) is 11.8 Å². The van der Waals surface area contributed by atoms with Crippen molar-refractivity contribution < 1.29 is 36.2 Å². The lowest BCUT2D eigenvalue weighted by Gasteiger charge is -2.36. The second kappa shape index (κ2) is 7.16. The van der Waals surface area contributed by atoms with Gasteiger partial charge in [-0.3, -0.25) is 9.10 Å². The van der Waals surface area contributed by atoms with Crippen molar-refractivity contribution in [2.75, 3.05) is 10.8 Å². The molecule has 3 atom stereocenters. The predicted octanol–water partition coefficient (Wildman–Crippen LogP) is 4.14. The smallest absolute Gasteiger partial charge is 0.416 e. The topological polar surface area (TPSA) is 83.9 Å². The number of fused-ring (bicyclic) bond motifs is 1. The van der Waals surface area contributed by atoms with Crippen LogP contribution < -0.4 is 9.04 Å². The normalized spacial score (nSPS) is 23.5. The quantitative estimate of drug-likeness (QED) is 0.674. The van der Waals surface area contributed by atoms with Crippen LogP contribution in [0.4, 0.5) is 18.9 Å². The van der Waals surface area contributed by atoms with Crippen LogP contribution in [0.15, 0.2) is 51.8 Å². The van der Waals surface area contributed by atoms with Gasteiger partial charge < -0.3 is 9.84 Å². The first kappa shape index (κ1) is 21.0. The highest BCUT2D eigenvalue weighted by molar-refractivity contribution is 9.10. The van der Waals surface area contributed by atoms with Crippen LogP contribution >= 0.6 is 15.9 Å². The van der Waals surface area contributed by atoms with Gasteiger partial charge in [-0.15, -0.1) is 0 Å². The molecule has 0 amide bonds. The zero-order valence-corrected chi connectivity index (χ0v) is 17.5. The Bertz CT molecular complexity index is 1120. The van der Waals surface area contributed by atoms with Crippen molar-refractivity contribution in [1.82, 2.24) is 0 Å². The number of hydrogen-bond donors (Lipinski definition) is 1. The van der Waals surface area contributed by atoms with E-state index >= 15 is 0 Å². The van der Waals surface area contributed by atoms with Crippen LogP contribution in [0.25, 0.3) is 0 Å². The summed E-state index contributed by atoms with van der Waals surface area (Å²) in [5, 5.41) is 9.20. The fourth-order valence-electron chi connectivity index (χ4n) is 3.57. The molecule has 11 heteroatoms. The van der Waals surface area contributed by atoms with Gasteiger partial charge in [-0.05, 0) is 42.8 Å². The predicted molar refractivity (Wildman–Crippen MR) is 104 cm³/mol. The van der Waals surface area contributed by atoms with Crippen LogP contribution in [0.3, 0.4) is 0 Å². The minimum atomic E-state index is -4.69. The molecule has 1 fully saturated rings. The fraction of sp³-hybridized carbons (Fsp3) is 0.316. The van der Waals surface area contributed by atoms with E-state index in [9.17, 15) is 31.5 Å². The molecule has 1 saturated carbocycles. The molecule has 2 aliphatic rings. The highest BCUT2D eigenvalue weighted by Crippen LogP contribution is 2.48. The lowest BCUT2D eigenvalue weighted by atomic mass is 10.1. The van der Waals surface area contributed by atoms with Gasteiger partial charge in [0, 0.05) is 10.4 Å². The molecule has 2 aromatic rings. The summed E-state index contributed by atoms with van der Waals surface area (Å²) in [7, 11) is -4.37. The van der Waals surface area contributed by atoms with Crippen molar-refractivity contribution >= 4 is 37.6 Å². The zero-order valence-electron chi connectivity index (χ0n) is 15.1. The number of hydrogen-bond acceptors (Lipinski definition) is 4. The van der Waals surface area contributed by atoms with Gasteiger partial charge in [0.2, 0.25) is 0 Å². The lowest BCUT2D eigenvalue weighted by molar-refractivity contribution is -0.139. The minimum absolute atomic E-state index is 0.172. The van der Waals surface area contributed by atoms with E-state index in [2.05, 4.69) is 15.9 Å². The van der Waals surface area contributed by atoms with E-state index in [1.807, 2.05) is 0 Å². The van der Waals surface area contributed by atoms with Crippen molar-refractivity contribution in [3.63, 3.8) is 0 Å². The van der Waals surface area contributed by atoms with Crippen molar-refractivity contribution in [3.8, 4) is 5.75 Å². The number of benzene rings is 2. The van der Waals surface area contributed by atoms with Crippen molar-refractivity contribution in [1.29, 1.82) is 0 Å². The number of aliphatic carboxylic acids is 1. The molecule has 0 spiro atoms. The molecule has 1 N–H and O–H groups in total. The maximum Gasteiger partial charge on any atom is 0.416 e. The van der Waals surface area contributed by atoms with Crippen molar-refractivity contribution in [2.45, 2.75) is 23.6 Å². The second-order valence-corrected chi connectivity index (χ2v) is 9.95. The number of carbonyl (C=O) groups is 1. The molecule has 0 bridgehead atoms. The first-order valence-electron chi connectivity index (χ1n) is 8.87. The number of alkyl halides is 3. The Morgan fingerprint density at radius 3 is 2.57 bits per heavy atom. The number of ether oxygens (including phenoxy) is 1. The number of carboxylic acids is 1. The molecule has 30 heavy (non-hydrogen) atoms. The Kier molecular flexibility index (Phi) is 5.00. The molecular weight excluding hydrogens is 491 g/mol. The van der Waals surface area contributed by atoms with Gasteiger partial charge in [0.25, 0.3) is 10.0 Å². The molecule has 0 saturated heterocycles. The van der Waals surface area contributed by atoms with Gasteiger partial charge in [0.05, 0.1) is 28.6 Å². The highest BCUT2D eigenvalue weighted by Gasteiger charge is 2.52. The summed E-state index contributed by atoms with van der Waals surface area (Å²) in [5.74, 6) is -1.78. The second-order valence-electron chi connectivity index (χ2n) is 7.17. The van der Waals surface area contributed by atoms with E-state index < -0.39 is 44.6 Å². The van der Waals surface area contributed by atoms with Crippen LogP contribution in [0.1, 0.15) is 12.0 Å². The third-order valence-corrected chi connectivity index (χ3v) is 7.47. The molecule has 1 aliphatic heterocycles. The first-order chi connectivity index (χ1) is 14.0. The lowest BCUT2D eigenvalue weighted by Crippen LogP contribution is -2.45. The number of halogens is 4. The maximum absolute atomic E-state index is 13.3. The van der Waals surface area contributed by atoms with Crippen molar-refractivity contribution in [2.24, 2.45) is 11.8 Å². The SMILES string of the molecule is O=C(O)[C@H]1C[C@@H]1C1CN(S(=O)(=O)c2cccc(C(F)(F)F)c2)c2cc(Br)ccc2O1.